The Morgan fingerprint density at radius 3 is 2.74 bits per heavy atom. The standard InChI is InChI=1S/C15H30N2O2/c1-5-7-13-8-10-17(11-13)12-15(3,14(18)19-4)16-9-6-2/h13,16H,5-12H2,1-4H3. The van der Waals surface area contributed by atoms with Gasteiger partial charge in [-0.25, -0.2) is 0 Å². The zero-order chi connectivity index (χ0) is 14.3. The number of hydrogen-bond donors (Lipinski definition) is 1. The number of likely N-dealkylation sites (tertiary alicyclic amines) is 1. The first kappa shape index (κ1) is 16.4. The molecule has 1 heterocycles. The molecule has 112 valence electrons. The maximum absolute atomic E-state index is 12.0. The van der Waals surface area contributed by atoms with E-state index in [2.05, 4.69) is 24.1 Å². The van der Waals surface area contributed by atoms with Crippen LogP contribution in [0.3, 0.4) is 0 Å². The van der Waals surface area contributed by atoms with Gasteiger partial charge in [0.25, 0.3) is 0 Å². The molecule has 2 unspecified atom stereocenters. The maximum Gasteiger partial charge on any atom is 0.327 e. The van der Waals surface area contributed by atoms with Crippen LogP contribution in [-0.4, -0.2) is 49.7 Å². The fraction of sp³-hybridized carbons (Fsp3) is 0.933. The summed E-state index contributed by atoms with van der Waals surface area (Å²) in [4.78, 5) is 14.4. The molecule has 0 aliphatic carbocycles. The fourth-order valence-electron chi connectivity index (χ4n) is 2.97. The smallest absolute Gasteiger partial charge is 0.327 e. The Morgan fingerprint density at radius 1 is 1.42 bits per heavy atom. The minimum atomic E-state index is -0.578. The molecule has 1 rings (SSSR count). The lowest BCUT2D eigenvalue weighted by molar-refractivity contribution is -0.148. The van der Waals surface area contributed by atoms with Crippen molar-refractivity contribution in [2.45, 2.75) is 52.0 Å². The molecule has 0 spiro atoms. The number of hydrogen-bond acceptors (Lipinski definition) is 4. The molecule has 4 nitrogen and oxygen atoms in total. The zero-order valence-corrected chi connectivity index (χ0v) is 13.0. The van der Waals surface area contributed by atoms with Crippen LogP contribution in [0.25, 0.3) is 0 Å². The summed E-state index contributed by atoms with van der Waals surface area (Å²) in [6, 6.07) is 0. The first-order chi connectivity index (χ1) is 9.05. The molecule has 0 amide bonds. The summed E-state index contributed by atoms with van der Waals surface area (Å²) >= 11 is 0. The molecule has 4 heteroatoms. The molecule has 0 radical (unpaired) electrons. The Labute approximate surface area is 117 Å². The number of methoxy groups -OCH3 is 1. The SMILES string of the molecule is CCCNC(C)(CN1CCC(CCC)C1)C(=O)OC. The largest absolute Gasteiger partial charge is 0.468 e. The molecule has 0 bridgehead atoms. The van der Waals surface area contributed by atoms with Gasteiger partial charge in [0.1, 0.15) is 5.54 Å². The number of carbonyl (C=O) groups excluding carboxylic acids is 1. The number of esters is 1. The van der Waals surface area contributed by atoms with Gasteiger partial charge in [0.2, 0.25) is 0 Å². The summed E-state index contributed by atoms with van der Waals surface area (Å²) in [5.74, 6) is 0.651. The summed E-state index contributed by atoms with van der Waals surface area (Å²) < 4.78 is 4.97. The Bertz CT molecular complexity index is 283. The lowest BCUT2D eigenvalue weighted by Crippen LogP contribution is -2.57. The second kappa shape index (κ2) is 7.85. The number of ether oxygens (including phenoxy) is 1. The topological polar surface area (TPSA) is 41.6 Å². The van der Waals surface area contributed by atoms with Crippen molar-refractivity contribution in [1.29, 1.82) is 0 Å². The highest BCUT2D eigenvalue weighted by Gasteiger charge is 2.37. The van der Waals surface area contributed by atoms with Gasteiger partial charge in [0.15, 0.2) is 0 Å². The monoisotopic (exact) mass is 270 g/mol. The molecule has 19 heavy (non-hydrogen) atoms. The molecular weight excluding hydrogens is 240 g/mol. The van der Waals surface area contributed by atoms with Crippen LogP contribution in [0.15, 0.2) is 0 Å². The van der Waals surface area contributed by atoms with Crippen molar-refractivity contribution in [3.63, 3.8) is 0 Å². The average molecular weight is 270 g/mol. The van der Waals surface area contributed by atoms with Crippen molar-refractivity contribution in [3.8, 4) is 0 Å². The van der Waals surface area contributed by atoms with Gasteiger partial charge in [-0.05, 0) is 45.2 Å². The lowest BCUT2D eigenvalue weighted by Gasteiger charge is -2.32. The predicted octanol–water partition coefficient (Wildman–Crippen LogP) is 2.04. The molecule has 1 saturated heterocycles. The van der Waals surface area contributed by atoms with Crippen LogP contribution in [0.4, 0.5) is 0 Å². The molecular formula is C15H30N2O2. The number of nitrogens with zero attached hydrogens (tertiary/aromatic N) is 1. The number of rotatable bonds is 8. The molecule has 0 aromatic carbocycles. The van der Waals surface area contributed by atoms with Gasteiger partial charge in [0, 0.05) is 13.1 Å². The van der Waals surface area contributed by atoms with Crippen molar-refractivity contribution in [1.82, 2.24) is 10.2 Å². The third-order valence-electron chi connectivity index (χ3n) is 4.01. The van der Waals surface area contributed by atoms with Crippen molar-refractivity contribution in [2.24, 2.45) is 5.92 Å². The Balaban J connectivity index is 2.55. The fourth-order valence-corrected chi connectivity index (χ4v) is 2.97. The number of nitrogens with one attached hydrogen (secondary N) is 1. The van der Waals surface area contributed by atoms with E-state index in [4.69, 9.17) is 4.74 Å². The quantitative estimate of drug-likeness (QED) is 0.685. The van der Waals surface area contributed by atoms with Gasteiger partial charge < -0.3 is 15.0 Å². The van der Waals surface area contributed by atoms with Crippen molar-refractivity contribution < 1.29 is 9.53 Å². The van der Waals surface area contributed by atoms with Gasteiger partial charge in [0.05, 0.1) is 7.11 Å². The highest BCUT2D eigenvalue weighted by atomic mass is 16.5. The van der Waals surface area contributed by atoms with Crippen molar-refractivity contribution in [2.75, 3.05) is 33.3 Å². The van der Waals surface area contributed by atoms with E-state index in [0.717, 1.165) is 38.5 Å². The summed E-state index contributed by atoms with van der Waals surface area (Å²) in [6.07, 6.45) is 4.83. The highest BCUT2D eigenvalue weighted by molar-refractivity contribution is 5.80. The van der Waals surface area contributed by atoms with Gasteiger partial charge in [-0.1, -0.05) is 20.3 Å². The number of carbonyl (C=O) groups is 1. The Hall–Kier alpha value is -0.610. The maximum atomic E-state index is 12.0. The second-order valence-corrected chi connectivity index (χ2v) is 5.93. The van der Waals surface area contributed by atoms with E-state index in [0.29, 0.717) is 0 Å². The second-order valence-electron chi connectivity index (χ2n) is 5.93. The van der Waals surface area contributed by atoms with Crippen LogP contribution in [0.2, 0.25) is 0 Å². The van der Waals surface area contributed by atoms with Gasteiger partial charge in [-0.15, -0.1) is 0 Å². The van der Waals surface area contributed by atoms with Crippen molar-refractivity contribution in [3.05, 3.63) is 0 Å². The van der Waals surface area contributed by atoms with Crippen LogP contribution in [0.5, 0.6) is 0 Å². The lowest BCUT2D eigenvalue weighted by atomic mass is 10.0. The molecule has 0 aromatic heterocycles. The van der Waals surface area contributed by atoms with Crippen molar-refractivity contribution >= 4 is 5.97 Å². The van der Waals surface area contributed by atoms with E-state index in [1.54, 1.807) is 0 Å². The normalized spacial score (nSPS) is 23.3. The zero-order valence-electron chi connectivity index (χ0n) is 13.0. The van der Waals surface area contributed by atoms with Crippen LogP contribution < -0.4 is 5.32 Å². The van der Waals surface area contributed by atoms with Gasteiger partial charge in [-0.3, -0.25) is 4.79 Å². The van der Waals surface area contributed by atoms with Gasteiger partial charge >= 0.3 is 5.97 Å². The first-order valence-electron chi connectivity index (χ1n) is 7.61. The van der Waals surface area contributed by atoms with Gasteiger partial charge in [-0.2, -0.15) is 0 Å². The van der Waals surface area contributed by atoms with Crippen LogP contribution >= 0.6 is 0 Å². The van der Waals surface area contributed by atoms with E-state index < -0.39 is 5.54 Å². The predicted molar refractivity (Wildman–Crippen MR) is 78.2 cm³/mol. The molecule has 1 N–H and O–H groups in total. The first-order valence-corrected chi connectivity index (χ1v) is 7.61. The van der Waals surface area contributed by atoms with E-state index in [-0.39, 0.29) is 5.97 Å². The molecule has 0 aromatic rings. The summed E-state index contributed by atoms with van der Waals surface area (Å²) in [6.45, 7) is 10.1. The van der Waals surface area contributed by atoms with Crippen LogP contribution in [0, 0.1) is 5.92 Å². The van der Waals surface area contributed by atoms with E-state index in [1.165, 1.54) is 26.4 Å². The van der Waals surface area contributed by atoms with E-state index in [1.807, 2.05) is 6.92 Å². The summed E-state index contributed by atoms with van der Waals surface area (Å²) in [5, 5.41) is 3.35. The summed E-state index contributed by atoms with van der Waals surface area (Å²) in [5.41, 5.74) is -0.578. The molecule has 0 saturated carbocycles. The highest BCUT2D eigenvalue weighted by Crippen LogP contribution is 2.23. The van der Waals surface area contributed by atoms with E-state index in [9.17, 15) is 4.79 Å². The third kappa shape index (κ3) is 4.77. The molecule has 1 fully saturated rings. The molecule has 1 aliphatic rings. The van der Waals surface area contributed by atoms with Crippen LogP contribution in [0.1, 0.15) is 46.5 Å². The molecule has 1 aliphatic heterocycles. The minimum Gasteiger partial charge on any atom is -0.468 e. The Kier molecular flexibility index (Phi) is 6.80. The Morgan fingerprint density at radius 2 is 2.16 bits per heavy atom. The average Bonchev–Trinajstić information content (AvgIpc) is 2.83. The van der Waals surface area contributed by atoms with Crippen LogP contribution in [-0.2, 0) is 9.53 Å². The minimum absolute atomic E-state index is 0.153. The molecule has 2 atom stereocenters. The summed E-state index contributed by atoms with van der Waals surface area (Å²) in [7, 11) is 1.47. The van der Waals surface area contributed by atoms with E-state index >= 15 is 0 Å². The third-order valence-corrected chi connectivity index (χ3v) is 4.01.